The zero-order valence-corrected chi connectivity index (χ0v) is 59.9. The van der Waals surface area contributed by atoms with Crippen molar-refractivity contribution >= 4 is 97.0 Å². The fraction of sp³-hybridized carbons (Fsp3) is 0.571. The number of amides is 4. The van der Waals surface area contributed by atoms with Gasteiger partial charge in [0.05, 0.1) is 25.0 Å². The Morgan fingerprint density at radius 2 is 0.815 bits per heavy atom. The molecule has 0 spiro atoms. The lowest BCUT2D eigenvalue weighted by Crippen LogP contribution is -2.44. The Morgan fingerprint density at radius 1 is 0.489 bits per heavy atom. The zero-order valence-electron chi connectivity index (χ0n) is 57.6. The number of aromatic nitrogens is 2. The first-order valence-corrected chi connectivity index (χ1v) is 32.5. The van der Waals surface area contributed by atoms with Gasteiger partial charge < -0.3 is 37.9 Å². The number of nitrogens with zero attached hydrogens (tertiary/aromatic N) is 6. The van der Waals surface area contributed by atoms with Crippen LogP contribution in [0.3, 0.4) is 0 Å². The van der Waals surface area contributed by atoms with Crippen LogP contribution < -0.4 is 19.3 Å². The molecule has 4 amide bonds. The van der Waals surface area contributed by atoms with E-state index in [2.05, 4.69) is 35.7 Å². The molecule has 7 rings (SSSR count). The third-order valence-electron chi connectivity index (χ3n) is 14.2. The molecule has 92 heavy (non-hydrogen) atoms. The number of halogens is 2. The lowest BCUT2D eigenvalue weighted by Gasteiger charge is -2.32. The normalized spacial score (nSPS) is 15.0. The molecule has 0 aliphatic carbocycles. The van der Waals surface area contributed by atoms with Crippen molar-refractivity contribution in [2.45, 2.75) is 210 Å². The first-order chi connectivity index (χ1) is 42.5. The van der Waals surface area contributed by atoms with Crippen molar-refractivity contribution < 1.29 is 66.7 Å². The van der Waals surface area contributed by atoms with Crippen LogP contribution in [-0.4, -0.2) is 130 Å². The molecule has 0 radical (unpaired) electrons. The molecular weight excluding hydrogens is 1260 g/mol. The summed E-state index contributed by atoms with van der Waals surface area (Å²) in [6, 6.07) is 15.2. The molecule has 5 aromatic rings. The minimum Gasteiger partial charge on any atom is -0.496 e. The molecule has 2 aliphatic rings. The molecule has 504 valence electrons. The molecule has 2 saturated heterocycles. The number of ether oxygens (including phenoxy) is 8. The van der Waals surface area contributed by atoms with Crippen molar-refractivity contribution in [3.8, 4) is 22.6 Å². The lowest BCUT2D eigenvalue weighted by molar-refractivity contribution is -0.157. The molecule has 0 atom stereocenters. The summed E-state index contributed by atoms with van der Waals surface area (Å²) in [6.45, 7) is 36.6. The van der Waals surface area contributed by atoms with Crippen LogP contribution in [0.2, 0.25) is 5.02 Å². The second-order valence-corrected chi connectivity index (χ2v) is 30.8. The van der Waals surface area contributed by atoms with Crippen LogP contribution in [0.15, 0.2) is 65.4 Å². The summed E-state index contributed by atoms with van der Waals surface area (Å²) in [4.78, 5) is 94.4. The van der Waals surface area contributed by atoms with Gasteiger partial charge in [0.15, 0.2) is 11.6 Å². The highest BCUT2D eigenvalue weighted by Gasteiger charge is 2.39. The number of likely N-dealkylation sites (tertiary alicyclic amines) is 2. The quantitative estimate of drug-likeness (QED) is 0.0791. The molecule has 0 bridgehead atoms. The van der Waals surface area contributed by atoms with Crippen molar-refractivity contribution in [2.24, 2.45) is 11.8 Å². The van der Waals surface area contributed by atoms with Crippen LogP contribution in [0.1, 0.15) is 174 Å². The number of hydrogen-bond donors (Lipinski definition) is 0. The fourth-order valence-electron chi connectivity index (χ4n) is 10.6. The number of methoxy groups -OCH3 is 2. The molecule has 2 aliphatic heterocycles. The van der Waals surface area contributed by atoms with Crippen molar-refractivity contribution in [1.29, 1.82) is 0 Å². The number of pyridine rings is 2. The summed E-state index contributed by atoms with van der Waals surface area (Å²) in [6.07, 6.45) is 3.96. The average Bonchev–Trinajstić information content (AvgIpc) is 0.759. The predicted octanol–water partition coefficient (Wildman–Crippen LogP) is 16.8. The second-order valence-electron chi connectivity index (χ2n) is 29.5. The van der Waals surface area contributed by atoms with Crippen LogP contribution >= 0.6 is 27.5 Å². The Bertz CT molecular complexity index is 3390. The van der Waals surface area contributed by atoms with E-state index in [1.165, 1.54) is 7.11 Å². The molecule has 0 unspecified atom stereocenters. The number of carbonyl (C=O) groups excluding carboxylic acids is 6. The summed E-state index contributed by atoms with van der Waals surface area (Å²) in [5.41, 5.74) is -0.909. The lowest BCUT2D eigenvalue weighted by atomic mass is 9.93. The number of anilines is 2. The number of rotatable bonds is 13. The van der Waals surface area contributed by atoms with Gasteiger partial charge in [0, 0.05) is 58.8 Å². The van der Waals surface area contributed by atoms with Crippen molar-refractivity contribution in [1.82, 2.24) is 19.8 Å². The number of carbonyl (C=O) groups is 6. The Hall–Kier alpha value is -6.81. The van der Waals surface area contributed by atoms with Gasteiger partial charge in [-0.05, 0) is 263 Å². The maximum absolute atomic E-state index is 13.7. The third kappa shape index (κ3) is 22.2. The van der Waals surface area contributed by atoms with E-state index in [0.717, 1.165) is 94.7 Å². The fourth-order valence-corrected chi connectivity index (χ4v) is 11.1. The van der Waals surface area contributed by atoms with Crippen LogP contribution in [0.5, 0.6) is 11.5 Å². The van der Waals surface area contributed by atoms with E-state index in [-0.39, 0.29) is 29.5 Å². The monoisotopic (exact) mass is 1360 g/mol. The highest BCUT2D eigenvalue weighted by molar-refractivity contribution is 9.10. The van der Waals surface area contributed by atoms with Crippen LogP contribution in [0.4, 0.5) is 30.8 Å². The van der Waals surface area contributed by atoms with Gasteiger partial charge in [-0.2, -0.15) is 9.80 Å². The first kappa shape index (κ1) is 74.2. The molecular formula is C70H96BrClN6O14. The van der Waals surface area contributed by atoms with Gasteiger partial charge in [0.1, 0.15) is 45.1 Å². The molecule has 22 heteroatoms. The minimum absolute atomic E-state index is 0.0302. The topological polar surface area (TPSA) is 215 Å². The SMILES string of the molecule is COc1cc(CN2CCC(CC(=O)OC(C)(C)C)CC2)cc2c(-c3ccc(Cl)cc3)cnc(N(C(=O)OC(C)(C)C)C(=O)OC(C)(C)C)c12.COc1cc(CN2CCC(CC(=O)OC(C)(C)C)CC2)cc2c(Br)cnc(N(C(=O)OC(C)(C)C)C(=O)OC(C)(C)C)c12. The van der Waals surface area contributed by atoms with Gasteiger partial charge in [0.2, 0.25) is 0 Å². The van der Waals surface area contributed by atoms with Gasteiger partial charge >= 0.3 is 36.3 Å². The highest BCUT2D eigenvalue weighted by Crippen LogP contribution is 2.43. The van der Waals surface area contributed by atoms with E-state index < -0.39 is 58.0 Å². The van der Waals surface area contributed by atoms with Crippen LogP contribution in [-0.2, 0) is 51.1 Å². The first-order valence-electron chi connectivity index (χ1n) is 31.3. The molecule has 3 aromatic carbocycles. The van der Waals surface area contributed by atoms with E-state index >= 15 is 0 Å². The Kier molecular flexibility index (Phi) is 24.3. The summed E-state index contributed by atoms with van der Waals surface area (Å²) < 4.78 is 46.0. The van der Waals surface area contributed by atoms with Crippen molar-refractivity contribution in [3.05, 3.63) is 81.5 Å². The Balaban J connectivity index is 0.000000295. The molecule has 2 fully saturated rings. The summed E-state index contributed by atoms with van der Waals surface area (Å²) in [5, 5.41) is 2.95. The Labute approximate surface area is 556 Å². The highest BCUT2D eigenvalue weighted by atomic mass is 79.9. The van der Waals surface area contributed by atoms with Gasteiger partial charge in [-0.3, -0.25) is 19.4 Å². The third-order valence-corrected chi connectivity index (χ3v) is 15.1. The standard InChI is InChI=1S/C38H50ClN3O7.C32H46BrN3O7/c1-36(2,3)47-31(43)21-24-15-17-41(18-16-24)23-25-19-28-29(26-11-13-27(39)14-12-26)22-40-33(32(28)30(20-25)46-10)42(34(44)48-37(4,5)6)35(45)49-38(7,8)9;1-30(2,3)41-25(37)17-20-11-13-35(14-12-20)19-21-15-22-23(33)18-34-27(26(22)24(16-21)40-10)36(28(38)42-31(4,5)6)29(39)43-32(7,8)9/h11-14,19-20,22,24H,15-18,21,23H2,1-10H3;15-16,18,20H,11-14,17,19H2,1-10H3. The number of fused-ring (bicyclic) bond motifs is 2. The molecule has 0 saturated carbocycles. The van der Waals surface area contributed by atoms with E-state index in [9.17, 15) is 28.8 Å². The summed E-state index contributed by atoms with van der Waals surface area (Å²) in [5.74, 6) is 1.23. The number of imide groups is 2. The number of esters is 2. The second kappa shape index (κ2) is 30.1. The zero-order chi connectivity index (χ0) is 68.6. The van der Waals surface area contributed by atoms with Gasteiger partial charge in [-0.1, -0.05) is 23.7 Å². The maximum Gasteiger partial charge on any atom is 0.425 e. The summed E-state index contributed by atoms with van der Waals surface area (Å²) >= 11 is 9.83. The Morgan fingerprint density at radius 3 is 1.15 bits per heavy atom. The van der Waals surface area contributed by atoms with E-state index in [4.69, 9.17) is 49.5 Å². The molecule has 0 N–H and O–H groups in total. The number of hydrogen-bond acceptors (Lipinski definition) is 18. The maximum atomic E-state index is 13.7. The van der Waals surface area contributed by atoms with E-state index in [0.29, 0.717) is 63.6 Å². The smallest absolute Gasteiger partial charge is 0.425 e. The predicted molar refractivity (Wildman–Crippen MR) is 362 cm³/mol. The molecule has 20 nitrogen and oxygen atoms in total. The molecule has 4 heterocycles. The largest absolute Gasteiger partial charge is 0.496 e. The minimum atomic E-state index is -0.921. The summed E-state index contributed by atoms with van der Waals surface area (Å²) in [7, 11) is 3.08. The van der Waals surface area contributed by atoms with Gasteiger partial charge in [-0.15, -0.1) is 0 Å². The van der Waals surface area contributed by atoms with Crippen molar-refractivity contribution in [2.75, 3.05) is 50.2 Å². The van der Waals surface area contributed by atoms with Crippen molar-refractivity contribution in [3.63, 3.8) is 0 Å². The van der Waals surface area contributed by atoms with Crippen LogP contribution in [0.25, 0.3) is 32.7 Å². The van der Waals surface area contributed by atoms with Gasteiger partial charge in [0.25, 0.3) is 0 Å². The average molecular weight is 1360 g/mol. The molecule has 2 aromatic heterocycles. The number of benzene rings is 3. The van der Waals surface area contributed by atoms with E-state index in [1.807, 2.05) is 77.9 Å². The number of piperidine rings is 2. The van der Waals surface area contributed by atoms with Crippen LogP contribution in [0, 0.1) is 11.8 Å². The van der Waals surface area contributed by atoms with E-state index in [1.54, 1.807) is 115 Å². The van der Waals surface area contributed by atoms with Gasteiger partial charge in [-0.25, -0.2) is 29.1 Å².